The van der Waals surface area contributed by atoms with Crippen LogP contribution in [0.4, 0.5) is 0 Å². The van der Waals surface area contributed by atoms with E-state index in [4.69, 9.17) is 23.8 Å². The van der Waals surface area contributed by atoms with Crippen molar-refractivity contribution in [3.63, 3.8) is 0 Å². The van der Waals surface area contributed by atoms with Gasteiger partial charge in [0.05, 0.1) is 10.6 Å². The Labute approximate surface area is 137 Å². The number of nitrogens with one attached hydrogen (secondary N) is 1. The third kappa shape index (κ3) is 3.71. The van der Waals surface area contributed by atoms with Crippen LogP contribution in [0.1, 0.15) is 36.5 Å². The SMILES string of the molecule is C[C@@H]1CCCCN1C(=S)NC(=O)c1cc(Br)ccc1Cl. The van der Waals surface area contributed by atoms with Gasteiger partial charge >= 0.3 is 0 Å². The molecule has 6 heteroatoms. The van der Waals surface area contributed by atoms with Gasteiger partial charge in [-0.1, -0.05) is 27.5 Å². The maximum Gasteiger partial charge on any atom is 0.258 e. The smallest absolute Gasteiger partial charge is 0.258 e. The van der Waals surface area contributed by atoms with Gasteiger partial charge in [-0.15, -0.1) is 0 Å². The summed E-state index contributed by atoms with van der Waals surface area (Å²) < 4.78 is 0.810. The highest BCUT2D eigenvalue weighted by molar-refractivity contribution is 9.10. The minimum absolute atomic E-state index is 0.265. The fraction of sp³-hybridized carbons (Fsp3) is 0.429. The fourth-order valence-corrected chi connectivity index (χ4v) is 3.24. The lowest BCUT2D eigenvalue weighted by Gasteiger charge is -2.35. The number of amides is 1. The zero-order valence-corrected chi connectivity index (χ0v) is 14.3. The number of halogens is 2. The molecular formula is C14H16BrClN2OS. The Balaban J connectivity index is 2.07. The summed E-state index contributed by atoms with van der Waals surface area (Å²) >= 11 is 14.7. The molecule has 20 heavy (non-hydrogen) atoms. The summed E-state index contributed by atoms with van der Waals surface area (Å²) in [7, 11) is 0. The van der Waals surface area contributed by atoms with E-state index in [9.17, 15) is 4.79 Å². The summed E-state index contributed by atoms with van der Waals surface area (Å²) in [6.45, 7) is 3.02. The van der Waals surface area contributed by atoms with Crippen LogP contribution in [0, 0.1) is 0 Å². The molecule has 0 aromatic heterocycles. The van der Waals surface area contributed by atoms with Crippen LogP contribution in [0.15, 0.2) is 22.7 Å². The van der Waals surface area contributed by atoms with Crippen LogP contribution in [-0.2, 0) is 0 Å². The predicted octanol–water partition coefficient (Wildman–Crippen LogP) is 3.99. The van der Waals surface area contributed by atoms with E-state index in [0.717, 1.165) is 23.9 Å². The maximum absolute atomic E-state index is 12.2. The van der Waals surface area contributed by atoms with Crippen molar-refractivity contribution in [3.8, 4) is 0 Å². The molecule has 0 saturated carbocycles. The Bertz CT molecular complexity index is 538. The van der Waals surface area contributed by atoms with E-state index in [0.29, 0.717) is 21.7 Å². The number of thiocarbonyl (C=S) groups is 1. The van der Waals surface area contributed by atoms with Gasteiger partial charge in [0.2, 0.25) is 0 Å². The first-order valence-electron chi connectivity index (χ1n) is 6.56. The summed E-state index contributed by atoms with van der Waals surface area (Å²) in [6.07, 6.45) is 3.43. The molecule has 1 aromatic rings. The fourth-order valence-electron chi connectivity index (χ4n) is 2.31. The van der Waals surface area contributed by atoms with Gasteiger partial charge in [-0.25, -0.2) is 0 Å². The predicted molar refractivity (Wildman–Crippen MR) is 89.2 cm³/mol. The number of piperidine rings is 1. The van der Waals surface area contributed by atoms with Crippen molar-refractivity contribution in [2.75, 3.05) is 6.54 Å². The van der Waals surface area contributed by atoms with Crippen molar-refractivity contribution in [1.82, 2.24) is 10.2 Å². The van der Waals surface area contributed by atoms with Crippen molar-refractivity contribution in [3.05, 3.63) is 33.3 Å². The van der Waals surface area contributed by atoms with Crippen LogP contribution >= 0.6 is 39.7 Å². The largest absolute Gasteiger partial charge is 0.346 e. The molecule has 1 aromatic carbocycles. The second-order valence-electron chi connectivity index (χ2n) is 4.92. The molecule has 0 spiro atoms. The molecule has 0 aliphatic carbocycles. The quantitative estimate of drug-likeness (QED) is 0.753. The molecule has 108 valence electrons. The standard InChI is InChI=1S/C14H16BrClN2OS/c1-9-4-2-3-7-18(9)14(20)17-13(19)11-8-10(15)5-6-12(11)16/h5-6,8-9H,2-4,7H2,1H3,(H,17,19,20)/t9-/m1/s1. The van der Waals surface area contributed by atoms with E-state index in [1.807, 2.05) is 0 Å². The summed E-state index contributed by atoms with van der Waals surface area (Å²) in [5.74, 6) is -0.265. The molecule has 1 atom stereocenters. The van der Waals surface area contributed by atoms with Gasteiger partial charge in [0, 0.05) is 17.1 Å². The van der Waals surface area contributed by atoms with Crippen LogP contribution in [0.3, 0.4) is 0 Å². The Hall–Kier alpha value is -0.650. The highest BCUT2D eigenvalue weighted by Crippen LogP contribution is 2.21. The number of rotatable bonds is 1. The van der Waals surface area contributed by atoms with E-state index in [1.54, 1.807) is 18.2 Å². The molecule has 0 bridgehead atoms. The number of carbonyl (C=O) groups is 1. The van der Waals surface area contributed by atoms with Crippen LogP contribution in [0.2, 0.25) is 5.02 Å². The second kappa shape index (κ2) is 6.87. The van der Waals surface area contributed by atoms with E-state index < -0.39 is 0 Å². The third-order valence-corrected chi connectivity index (χ3v) is 4.62. The molecule has 1 aliphatic rings. The highest BCUT2D eigenvalue weighted by Gasteiger charge is 2.22. The average Bonchev–Trinajstić information content (AvgIpc) is 2.41. The molecule has 0 radical (unpaired) electrons. The molecular weight excluding hydrogens is 360 g/mol. The molecule has 1 amide bonds. The van der Waals surface area contributed by atoms with Crippen LogP contribution in [0.25, 0.3) is 0 Å². The number of nitrogens with zero attached hydrogens (tertiary/aromatic N) is 1. The number of carbonyl (C=O) groups excluding carboxylic acids is 1. The Morgan fingerprint density at radius 1 is 1.50 bits per heavy atom. The molecule has 1 heterocycles. The molecule has 1 aliphatic heterocycles. The Morgan fingerprint density at radius 2 is 2.25 bits per heavy atom. The van der Waals surface area contributed by atoms with Gasteiger partial charge in [-0.05, 0) is 56.6 Å². The molecule has 1 saturated heterocycles. The second-order valence-corrected chi connectivity index (χ2v) is 6.63. The van der Waals surface area contributed by atoms with E-state index >= 15 is 0 Å². The van der Waals surface area contributed by atoms with Crippen molar-refractivity contribution in [2.24, 2.45) is 0 Å². The molecule has 2 rings (SSSR count). The van der Waals surface area contributed by atoms with E-state index in [2.05, 4.69) is 33.1 Å². The first kappa shape index (κ1) is 15.7. The summed E-state index contributed by atoms with van der Waals surface area (Å²) in [5.41, 5.74) is 0.424. The van der Waals surface area contributed by atoms with Gasteiger partial charge in [0.25, 0.3) is 5.91 Å². The lowest BCUT2D eigenvalue weighted by molar-refractivity contribution is 0.0970. The van der Waals surface area contributed by atoms with Gasteiger partial charge in [-0.3, -0.25) is 10.1 Å². The topological polar surface area (TPSA) is 32.3 Å². The van der Waals surface area contributed by atoms with Crippen molar-refractivity contribution >= 4 is 50.8 Å². The summed E-state index contributed by atoms with van der Waals surface area (Å²) in [4.78, 5) is 14.3. The normalized spacial score (nSPS) is 18.8. The van der Waals surface area contributed by atoms with Gasteiger partial charge < -0.3 is 4.90 Å². The Morgan fingerprint density at radius 3 is 2.95 bits per heavy atom. The molecule has 1 N–H and O–H groups in total. The maximum atomic E-state index is 12.2. The average molecular weight is 376 g/mol. The zero-order chi connectivity index (χ0) is 14.7. The van der Waals surface area contributed by atoms with Crippen LogP contribution in [0.5, 0.6) is 0 Å². The lowest BCUT2D eigenvalue weighted by atomic mass is 10.0. The first-order chi connectivity index (χ1) is 9.49. The minimum Gasteiger partial charge on any atom is -0.346 e. The summed E-state index contributed by atoms with van der Waals surface area (Å²) in [5, 5.41) is 3.68. The third-order valence-electron chi connectivity index (χ3n) is 3.46. The van der Waals surface area contributed by atoms with Crippen molar-refractivity contribution < 1.29 is 4.79 Å². The van der Waals surface area contributed by atoms with Gasteiger partial charge in [0.15, 0.2) is 5.11 Å². The molecule has 1 fully saturated rings. The number of hydrogen-bond acceptors (Lipinski definition) is 2. The Kier molecular flexibility index (Phi) is 5.41. The van der Waals surface area contributed by atoms with Gasteiger partial charge in [-0.2, -0.15) is 0 Å². The number of hydrogen-bond donors (Lipinski definition) is 1. The number of likely N-dealkylation sites (tertiary alicyclic amines) is 1. The summed E-state index contributed by atoms with van der Waals surface area (Å²) in [6, 6.07) is 5.55. The molecule has 3 nitrogen and oxygen atoms in total. The van der Waals surface area contributed by atoms with E-state index in [-0.39, 0.29) is 5.91 Å². The monoisotopic (exact) mass is 374 g/mol. The van der Waals surface area contributed by atoms with Crippen molar-refractivity contribution in [2.45, 2.75) is 32.2 Å². The highest BCUT2D eigenvalue weighted by atomic mass is 79.9. The zero-order valence-electron chi connectivity index (χ0n) is 11.2. The van der Waals surface area contributed by atoms with Crippen LogP contribution in [-0.4, -0.2) is 28.5 Å². The van der Waals surface area contributed by atoms with E-state index in [1.165, 1.54) is 6.42 Å². The van der Waals surface area contributed by atoms with Crippen molar-refractivity contribution in [1.29, 1.82) is 0 Å². The minimum atomic E-state index is -0.265. The number of benzene rings is 1. The first-order valence-corrected chi connectivity index (χ1v) is 8.14. The molecule has 0 unspecified atom stereocenters. The lowest BCUT2D eigenvalue weighted by Crippen LogP contribution is -2.49. The van der Waals surface area contributed by atoms with Gasteiger partial charge in [0.1, 0.15) is 0 Å². The van der Waals surface area contributed by atoms with Crippen LogP contribution < -0.4 is 5.32 Å².